The van der Waals surface area contributed by atoms with Crippen molar-refractivity contribution in [3.63, 3.8) is 0 Å². The molecule has 8 heteroatoms. The van der Waals surface area contributed by atoms with Crippen LogP contribution in [0.5, 0.6) is 0 Å². The van der Waals surface area contributed by atoms with Crippen molar-refractivity contribution < 1.29 is 9.59 Å². The lowest BCUT2D eigenvalue weighted by Gasteiger charge is -2.11. The highest BCUT2D eigenvalue weighted by molar-refractivity contribution is 6.34. The number of rotatable bonds is 6. The van der Waals surface area contributed by atoms with Crippen molar-refractivity contribution in [2.24, 2.45) is 11.7 Å². The van der Waals surface area contributed by atoms with Gasteiger partial charge in [0.05, 0.1) is 11.3 Å². The Bertz CT molecular complexity index is 824. The van der Waals surface area contributed by atoms with Crippen molar-refractivity contribution in [3.8, 4) is 0 Å². The molecule has 0 aliphatic heterocycles. The number of carbonyl (C=O) groups excluding carboxylic acids is 2. The molecule has 5 nitrogen and oxygen atoms in total. The monoisotopic (exact) mass is 427 g/mol. The van der Waals surface area contributed by atoms with Gasteiger partial charge in [0.25, 0.3) is 5.91 Å². The minimum Gasteiger partial charge on any atom is -0.351 e. The van der Waals surface area contributed by atoms with Gasteiger partial charge in [0.2, 0.25) is 5.91 Å². The third-order valence-corrected chi connectivity index (χ3v) is 4.74. The molecule has 2 aromatic carbocycles. The molecular formula is C19H20Cl3N3O2. The topological polar surface area (TPSA) is 84.2 Å². The van der Waals surface area contributed by atoms with E-state index in [0.717, 1.165) is 12.0 Å². The lowest BCUT2D eigenvalue weighted by molar-refractivity contribution is -0.117. The van der Waals surface area contributed by atoms with Gasteiger partial charge in [0, 0.05) is 29.1 Å². The van der Waals surface area contributed by atoms with E-state index in [1.165, 1.54) is 0 Å². The molecule has 1 aliphatic rings. The number of carbonyl (C=O) groups is 2. The van der Waals surface area contributed by atoms with Crippen molar-refractivity contribution in [1.29, 1.82) is 0 Å². The number of halogens is 3. The zero-order valence-corrected chi connectivity index (χ0v) is 16.7. The molecule has 0 bridgehead atoms. The number of anilines is 1. The number of nitrogens with one attached hydrogen (secondary N) is 2. The summed E-state index contributed by atoms with van der Waals surface area (Å²) in [6.07, 6.45) is 0.726. The predicted octanol–water partition coefficient (Wildman–Crippen LogP) is 3.85. The second-order valence-corrected chi connectivity index (χ2v) is 7.10. The predicted molar refractivity (Wildman–Crippen MR) is 111 cm³/mol. The molecule has 1 saturated carbocycles. The van der Waals surface area contributed by atoms with E-state index in [0.29, 0.717) is 34.4 Å². The number of benzene rings is 2. The first-order chi connectivity index (χ1) is 12.5. The van der Waals surface area contributed by atoms with Crippen molar-refractivity contribution in [3.05, 3.63) is 63.6 Å². The van der Waals surface area contributed by atoms with Crippen molar-refractivity contribution in [2.45, 2.75) is 12.3 Å². The summed E-state index contributed by atoms with van der Waals surface area (Å²) in [5, 5.41) is 6.68. The van der Waals surface area contributed by atoms with Crippen LogP contribution in [0.2, 0.25) is 10.0 Å². The Kier molecular flexibility index (Phi) is 7.50. The lowest BCUT2D eigenvalue weighted by Crippen LogP contribution is -2.30. The third-order valence-electron chi connectivity index (χ3n) is 4.30. The number of hydrogen-bond acceptors (Lipinski definition) is 3. The fourth-order valence-electron chi connectivity index (χ4n) is 2.94. The summed E-state index contributed by atoms with van der Waals surface area (Å²) in [5.41, 5.74) is 7.27. The zero-order valence-electron chi connectivity index (χ0n) is 14.4. The van der Waals surface area contributed by atoms with Crippen LogP contribution < -0.4 is 16.4 Å². The average molecular weight is 429 g/mol. The van der Waals surface area contributed by atoms with Gasteiger partial charge in [-0.05, 0) is 48.2 Å². The Morgan fingerprint density at radius 3 is 2.44 bits per heavy atom. The SMILES string of the molecule is Cl.NCCNC(=O)c1ccccc1NC(=O)C1CC1c1cc(Cl)cc(Cl)c1. The molecule has 3 rings (SSSR count). The molecule has 2 unspecified atom stereocenters. The van der Waals surface area contributed by atoms with Crippen LogP contribution in [-0.2, 0) is 4.79 Å². The minimum absolute atomic E-state index is 0. The maximum Gasteiger partial charge on any atom is 0.253 e. The van der Waals surface area contributed by atoms with Gasteiger partial charge in [0.1, 0.15) is 0 Å². The van der Waals surface area contributed by atoms with E-state index in [4.69, 9.17) is 28.9 Å². The molecule has 0 aromatic heterocycles. The molecular weight excluding hydrogens is 409 g/mol. The van der Waals surface area contributed by atoms with E-state index in [1.54, 1.807) is 30.3 Å². The van der Waals surface area contributed by atoms with Crippen molar-refractivity contribution in [1.82, 2.24) is 5.32 Å². The Morgan fingerprint density at radius 2 is 1.78 bits per heavy atom. The number of amides is 2. The third kappa shape index (κ3) is 5.36. The zero-order chi connectivity index (χ0) is 18.7. The highest BCUT2D eigenvalue weighted by Crippen LogP contribution is 2.49. The number of nitrogens with two attached hydrogens (primary N) is 1. The molecule has 144 valence electrons. The summed E-state index contributed by atoms with van der Waals surface area (Å²) in [6, 6.07) is 12.2. The van der Waals surface area contributed by atoms with Crippen molar-refractivity contribution in [2.75, 3.05) is 18.4 Å². The quantitative estimate of drug-likeness (QED) is 0.653. The van der Waals surface area contributed by atoms with Gasteiger partial charge in [0.15, 0.2) is 0 Å². The second kappa shape index (κ2) is 9.42. The first kappa shape index (κ1) is 21.5. The summed E-state index contributed by atoms with van der Waals surface area (Å²) in [5.74, 6) is -0.459. The molecule has 0 radical (unpaired) electrons. The van der Waals surface area contributed by atoms with Gasteiger partial charge < -0.3 is 16.4 Å². The van der Waals surface area contributed by atoms with Crippen molar-refractivity contribution >= 4 is 53.1 Å². The molecule has 27 heavy (non-hydrogen) atoms. The summed E-state index contributed by atoms with van der Waals surface area (Å²) in [7, 11) is 0. The van der Waals surface area contributed by atoms with Gasteiger partial charge in [-0.15, -0.1) is 12.4 Å². The summed E-state index contributed by atoms with van der Waals surface area (Å²) < 4.78 is 0. The van der Waals surface area contributed by atoms with Gasteiger partial charge in [-0.3, -0.25) is 9.59 Å². The van der Waals surface area contributed by atoms with Crippen LogP contribution in [0.25, 0.3) is 0 Å². The smallest absolute Gasteiger partial charge is 0.253 e. The molecule has 0 saturated heterocycles. The highest BCUT2D eigenvalue weighted by Gasteiger charge is 2.44. The number of hydrogen-bond donors (Lipinski definition) is 3. The average Bonchev–Trinajstić information content (AvgIpc) is 3.40. The van der Waals surface area contributed by atoms with Crippen LogP contribution in [0.4, 0.5) is 5.69 Å². The summed E-state index contributed by atoms with van der Waals surface area (Å²) in [6.45, 7) is 0.730. The maximum absolute atomic E-state index is 12.6. The Balaban J connectivity index is 0.00000261. The fourth-order valence-corrected chi connectivity index (χ4v) is 3.48. The normalized spacial score (nSPS) is 17.6. The van der Waals surface area contributed by atoms with Gasteiger partial charge in [-0.2, -0.15) is 0 Å². The van der Waals surface area contributed by atoms with Crippen LogP contribution in [0.3, 0.4) is 0 Å². The summed E-state index contributed by atoms with van der Waals surface area (Å²) >= 11 is 12.1. The molecule has 1 fully saturated rings. The van der Waals surface area contributed by atoms with Crippen LogP contribution in [0.15, 0.2) is 42.5 Å². The van der Waals surface area contributed by atoms with E-state index in [-0.39, 0.29) is 36.1 Å². The van der Waals surface area contributed by atoms with E-state index < -0.39 is 0 Å². The molecule has 4 N–H and O–H groups in total. The minimum atomic E-state index is -0.264. The van der Waals surface area contributed by atoms with Crippen LogP contribution in [-0.4, -0.2) is 24.9 Å². The van der Waals surface area contributed by atoms with E-state index >= 15 is 0 Å². The largest absolute Gasteiger partial charge is 0.351 e. The molecule has 2 amide bonds. The molecule has 0 heterocycles. The van der Waals surface area contributed by atoms with Gasteiger partial charge >= 0.3 is 0 Å². The first-order valence-electron chi connectivity index (χ1n) is 8.33. The van der Waals surface area contributed by atoms with E-state index in [9.17, 15) is 9.59 Å². The van der Waals surface area contributed by atoms with Gasteiger partial charge in [-0.1, -0.05) is 35.3 Å². The van der Waals surface area contributed by atoms with Crippen LogP contribution >= 0.6 is 35.6 Å². The van der Waals surface area contributed by atoms with E-state index in [2.05, 4.69) is 10.6 Å². The molecule has 1 aliphatic carbocycles. The van der Waals surface area contributed by atoms with Gasteiger partial charge in [-0.25, -0.2) is 0 Å². The lowest BCUT2D eigenvalue weighted by atomic mass is 10.1. The second-order valence-electron chi connectivity index (χ2n) is 6.23. The van der Waals surface area contributed by atoms with Crippen LogP contribution in [0, 0.1) is 5.92 Å². The maximum atomic E-state index is 12.6. The Labute approximate surface area is 174 Å². The standard InChI is InChI=1S/C19H19Cl2N3O2.ClH/c20-12-7-11(8-13(21)9-12)15-10-16(15)19(26)24-17-4-2-1-3-14(17)18(25)23-6-5-22;/h1-4,7-9,15-16H,5-6,10,22H2,(H,23,25)(H,24,26);1H. The fraction of sp³-hybridized carbons (Fsp3) is 0.263. The van der Waals surface area contributed by atoms with E-state index in [1.807, 2.05) is 12.1 Å². The number of para-hydroxylation sites is 1. The molecule has 0 spiro atoms. The first-order valence-corrected chi connectivity index (χ1v) is 9.09. The Morgan fingerprint density at radius 1 is 1.11 bits per heavy atom. The highest BCUT2D eigenvalue weighted by atomic mass is 35.5. The van der Waals surface area contributed by atoms with Crippen LogP contribution in [0.1, 0.15) is 28.3 Å². The molecule has 2 aromatic rings. The Hall–Kier alpha value is -1.79. The molecule has 2 atom stereocenters. The summed E-state index contributed by atoms with van der Waals surface area (Å²) in [4.78, 5) is 24.8.